The van der Waals surface area contributed by atoms with Gasteiger partial charge in [-0.3, -0.25) is 0 Å². The summed E-state index contributed by atoms with van der Waals surface area (Å²) in [4.78, 5) is 9.78. The lowest BCUT2D eigenvalue weighted by Crippen LogP contribution is -2.08. The van der Waals surface area contributed by atoms with Crippen molar-refractivity contribution in [2.75, 3.05) is 18.1 Å². The van der Waals surface area contributed by atoms with Crippen LogP contribution in [-0.4, -0.2) is 22.8 Å². The van der Waals surface area contributed by atoms with Gasteiger partial charge >= 0.3 is 0 Å². The molecule has 130 valence electrons. The van der Waals surface area contributed by atoms with Crippen LogP contribution in [0.3, 0.4) is 0 Å². The fourth-order valence-electron chi connectivity index (χ4n) is 3.13. The lowest BCUT2D eigenvalue weighted by Gasteiger charge is -2.16. The summed E-state index contributed by atoms with van der Waals surface area (Å²) in [6.07, 6.45) is 5.71. The maximum atomic E-state index is 4.95. The van der Waals surface area contributed by atoms with Crippen molar-refractivity contribution in [3.8, 4) is 11.3 Å². The normalized spacial score (nSPS) is 10.9. The lowest BCUT2D eigenvalue weighted by atomic mass is 9.96. The van der Waals surface area contributed by atoms with Crippen molar-refractivity contribution in [1.82, 2.24) is 9.97 Å². The van der Waals surface area contributed by atoms with Gasteiger partial charge in [-0.05, 0) is 51.5 Å². The number of rotatable bonds is 7. The number of nitrogens with zero attached hydrogens (tertiary/aromatic N) is 2. The molecule has 3 nitrogen and oxygen atoms in total. The number of anilines is 1. The lowest BCUT2D eigenvalue weighted by molar-refractivity contribution is 0.740. The minimum atomic E-state index is 0.919. The summed E-state index contributed by atoms with van der Waals surface area (Å²) in [5, 5.41) is 4.44. The highest BCUT2D eigenvalue weighted by atomic mass is 32.2. The van der Waals surface area contributed by atoms with Gasteiger partial charge in [0.05, 0.1) is 11.4 Å². The second-order valence-corrected chi connectivity index (χ2v) is 7.22. The number of hydrogen-bond donors (Lipinski definition) is 1. The third-order valence-electron chi connectivity index (χ3n) is 4.22. The van der Waals surface area contributed by atoms with Crippen LogP contribution >= 0.6 is 11.8 Å². The molecule has 0 saturated carbocycles. The fraction of sp³-hybridized carbons (Fsp3) is 0.500. The smallest absolute Gasteiger partial charge is 0.158 e. The summed E-state index contributed by atoms with van der Waals surface area (Å²) < 4.78 is 0. The van der Waals surface area contributed by atoms with Crippen molar-refractivity contribution in [1.29, 1.82) is 0 Å². The predicted octanol–water partition coefficient (Wildman–Crippen LogP) is 5.70. The molecule has 2 rings (SSSR count). The summed E-state index contributed by atoms with van der Waals surface area (Å²) in [6.45, 7) is 11.7. The summed E-state index contributed by atoms with van der Waals surface area (Å²) >= 11 is 1.66. The van der Waals surface area contributed by atoms with E-state index in [0.29, 0.717) is 0 Å². The molecule has 1 aromatic heterocycles. The Kier molecular flexibility index (Phi) is 6.67. The molecule has 0 spiro atoms. The van der Waals surface area contributed by atoms with Gasteiger partial charge in [0.2, 0.25) is 0 Å². The van der Waals surface area contributed by atoms with Gasteiger partial charge in [0.25, 0.3) is 0 Å². The number of thioether (sulfide) groups is 1. The number of aryl methyl sites for hydroxylation is 4. The van der Waals surface area contributed by atoms with E-state index in [9.17, 15) is 0 Å². The number of hydrogen-bond acceptors (Lipinski definition) is 4. The van der Waals surface area contributed by atoms with Crippen LogP contribution in [0.25, 0.3) is 11.3 Å². The maximum absolute atomic E-state index is 4.95. The van der Waals surface area contributed by atoms with E-state index in [-0.39, 0.29) is 0 Å². The zero-order valence-electron chi connectivity index (χ0n) is 15.8. The van der Waals surface area contributed by atoms with E-state index in [4.69, 9.17) is 9.97 Å². The SMILES string of the molecule is CCCCCNc1nc(C)c(-c2c(C)cc(C)cc2C)nc1SC. The number of nitrogens with one attached hydrogen (secondary N) is 1. The molecule has 0 radical (unpaired) electrons. The third kappa shape index (κ3) is 4.29. The number of benzene rings is 1. The Hall–Kier alpha value is -1.55. The standard InChI is InChI=1S/C20H29N3S/c1-7-8-9-10-21-19-20(24-6)23-18(16(5)22-19)17-14(3)11-13(2)12-15(17)4/h11-12H,7-10H2,1-6H3,(H,21,22). The summed E-state index contributed by atoms with van der Waals surface area (Å²) in [6, 6.07) is 4.44. The molecular formula is C20H29N3S. The zero-order chi connectivity index (χ0) is 17.7. The molecule has 2 aromatic rings. The van der Waals surface area contributed by atoms with Crippen LogP contribution in [0.5, 0.6) is 0 Å². The van der Waals surface area contributed by atoms with Gasteiger partial charge in [-0.25, -0.2) is 9.97 Å². The van der Waals surface area contributed by atoms with Gasteiger partial charge in [0, 0.05) is 12.1 Å². The highest BCUT2D eigenvalue weighted by Crippen LogP contribution is 2.32. The zero-order valence-corrected chi connectivity index (χ0v) is 16.6. The van der Waals surface area contributed by atoms with Crippen molar-refractivity contribution in [3.63, 3.8) is 0 Å². The van der Waals surface area contributed by atoms with E-state index in [2.05, 4.69) is 58.3 Å². The third-order valence-corrected chi connectivity index (χ3v) is 4.89. The Bertz CT molecular complexity index is 687. The summed E-state index contributed by atoms with van der Waals surface area (Å²) in [5.74, 6) is 0.919. The Labute approximate surface area is 150 Å². The molecule has 0 aliphatic heterocycles. The molecule has 0 aliphatic rings. The van der Waals surface area contributed by atoms with Crippen LogP contribution in [0.15, 0.2) is 17.2 Å². The van der Waals surface area contributed by atoms with Crippen LogP contribution in [0.1, 0.15) is 48.6 Å². The van der Waals surface area contributed by atoms with Crippen molar-refractivity contribution in [3.05, 3.63) is 34.5 Å². The number of unbranched alkanes of at least 4 members (excludes halogenated alkanes) is 2. The van der Waals surface area contributed by atoms with Gasteiger partial charge in [-0.15, -0.1) is 11.8 Å². The molecule has 0 unspecified atom stereocenters. The Balaban J connectivity index is 2.40. The molecule has 0 aliphatic carbocycles. The average Bonchev–Trinajstić information content (AvgIpc) is 2.52. The maximum Gasteiger partial charge on any atom is 0.158 e. The van der Waals surface area contributed by atoms with Crippen LogP contribution in [0.2, 0.25) is 0 Å². The Morgan fingerprint density at radius 1 is 1.00 bits per heavy atom. The molecule has 0 bridgehead atoms. The van der Waals surface area contributed by atoms with Crippen molar-refractivity contribution in [2.24, 2.45) is 0 Å². The first-order chi connectivity index (χ1) is 11.5. The molecule has 1 heterocycles. The van der Waals surface area contributed by atoms with Gasteiger partial charge in [-0.1, -0.05) is 37.5 Å². The first-order valence-corrected chi connectivity index (χ1v) is 9.95. The Morgan fingerprint density at radius 2 is 1.67 bits per heavy atom. The first kappa shape index (κ1) is 18.8. The van der Waals surface area contributed by atoms with E-state index in [1.165, 1.54) is 41.5 Å². The molecular weight excluding hydrogens is 314 g/mol. The minimum absolute atomic E-state index is 0.919. The van der Waals surface area contributed by atoms with Crippen LogP contribution in [0, 0.1) is 27.7 Å². The van der Waals surface area contributed by atoms with Crippen LogP contribution < -0.4 is 5.32 Å². The van der Waals surface area contributed by atoms with E-state index < -0.39 is 0 Å². The minimum Gasteiger partial charge on any atom is -0.368 e. The van der Waals surface area contributed by atoms with E-state index in [1.807, 2.05) is 0 Å². The average molecular weight is 344 g/mol. The van der Waals surface area contributed by atoms with E-state index in [1.54, 1.807) is 11.8 Å². The highest BCUT2D eigenvalue weighted by Gasteiger charge is 2.15. The molecule has 0 fully saturated rings. The topological polar surface area (TPSA) is 37.8 Å². The summed E-state index contributed by atoms with van der Waals surface area (Å²) in [5.41, 5.74) is 7.03. The quantitative estimate of drug-likeness (QED) is 0.517. The van der Waals surface area contributed by atoms with E-state index >= 15 is 0 Å². The molecule has 24 heavy (non-hydrogen) atoms. The van der Waals surface area contributed by atoms with Gasteiger partial charge < -0.3 is 5.32 Å². The van der Waals surface area contributed by atoms with Crippen LogP contribution in [0.4, 0.5) is 5.82 Å². The number of aromatic nitrogens is 2. The largest absolute Gasteiger partial charge is 0.368 e. The molecule has 0 atom stereocenters. The second kappa shape index (κ2) is 8.52. The van der Waals surface area contributed by atoms with Gasteiger partial charge in [0.1, 0.15) is 5.03 Å². The molecule has 4 heteroatoms. The van der Waals surface area contributed by atoms with Crippen molar-refractivity contribution in [2.45, 2.75) is 58.9 Å². The summed E-state index contributed by atoms with van der Waals surface area (Å²) in [7, 11) is 0. The molecule has 1 aromatic carbocycles. The second-order valence-electron chi connectivity index (χ2n) is 6.42. The van der Waals surface area contributed by atoms with E-state index in [0.717, 1.165) is 28.8 Å². The Morgan fingerprint density at radius 3 is 2.25 bits per heavy atom. The first-order valence-electron chi connectivity index (χ1n) is 8.72. The van der Waals surface area contributed by atoms with Crippen LogP contribution in [-0.2, 0) is 0 Å². The van der Waals surface area contributed by atoms with Gasteiger partial charge in [-0.2, -0.15) is 0 Å². The highest BCUT2D eigenvalue weighted by molar-refractivity contribution is 7.98. The predicted molar refractivity (Wildman–Crippen MR) is 106 cm³/mol. The molecule has 0 amide bonds. The van der Waals surface area contributed by atoms with Gasteiger partial charge in [0.15, 0.2) is 5.82 Å². The fourth-order valence-corrected chi connectivity index (χ4v) is 3.63. The van der Waals surface area contributed by atoms with Crippen molar-refractivity contribution < 1.29 is 0 Å². The monoisotopic (exact) mass is 343 g/mol. The molecule has 1 N–H and O–H groups in total. The molecule has 0 saturated heterocycles. The van der Waals surface area contributed by atoms with Crippen molar-refractivity contribution >= 4 is 17.6 Å².